The Morgan fingerprint density at radius 3 is 2.49 bits per heavy atom. The maximum Gasteiger partial charge on any atom is 0.307 e. The lowest BCUT2D eigenvalue weighted by Crippen LogP contribution is -2.70. The number of carbonyl (C=O) groups is 4. The van der Waals surface area contributed by atoms with Crippen molar-refractivity contribution in [2.75, 3.05) is 46.9 Å². The molecule has 2 fully saturated rings. The second-order valence-corrected chi connectivity index (χ2v) is 11.0. The molecule has 41 heavy (non-hydrogen) atoms. The minimum atomic E-state index is -2.95. The molecule has 13 nitrogen and oxygen atoms in total. The van der Waals surface area contributed by atoms with Crippen LogP contribution in [0.3, 0.4) is 0 Å². The number of aromatic hydroxyl groups is 1. The van der Waals surface area contributed by atoms with Crippen LogP contribution in [-0.2, 0) is 35.1 Å². The lowest BCUT2D eigenvalue weighted by atomic mass is 9.56. The highest BCUT2D eigenvalue weighted by atomic mass is 16.5. The summed E-state index contributed by atoms with van der Waals surface area (Å²) in [6.07, 6.45) is -1.46. The molecule has 0 radical (unpaired) electrons. The predicted molar refractivity (Wildman–Crippen MR) is 141 cm³/mol. The Labute approximate surface area is 235 Å². The summed E-state index contributed by atoms with van der Waals surface area (Å²) in [7, 11) is 2.95. The number of primary amides is 1. The van der Waals surface area contributed by atoms with Gasteiger partial charge in [-0.15, -0.1) is 0 Å². The van der Waals surface area contributed by atoms with Gasteiger partial charge in [-0.25, -0.2) is 0 Å². The smallest absolute Gasteiger partial charge is 0.307 e. The van der Waals surface area contributed by atoms with Crippen molar-refractivity contribution in [2.45, 2.75) is 30.6 Å². The third-order valence-electron chi connectivity index (χ3n) is 8.51. The third kappa shape index (κ3) is 4.49. The van der Waals surface area contributed by atoms with Crippen molar-refractivity contribution in [2.24, 2.45) is 17.6 Å². The molecule has 1 aromatic rings. The molecule has 1 saturated carbocycles. The Morgan fingerprint density at radius 2 is 1.85 bits per heavy atom. The number of hydrogen-bond donors (Lipinski definition) is 5. The fraction of sp³-hybridized carbons (Fsp3) is 0.500. The number of ketones is 2. The molecule has 1 aliphatic heterocycles. The molecule has 1 saturated heterocycles. The lowest BCUT2D eigenvalue weighted by molar-refractivity contribution is -0.184. The summed E-state index contributed by atoms with van der Waals surface area (Å²) in [5.74, 6) is -9.03. The van der Waals surface area contributed by atoms with E-state index >= 15 is 0 Å². The summed E-state index contributed by atoms with van der Waals surface area (Å²) in [6.45, 7) is 2.66. The van der Waals surface area contributed by atoms with E-state index in [1.54, 1.807) is 12.1 Å². The van der Waals surface area contributed by atoms with Gasteiger partial charge in [-0.1, -0.05) is 12.1 Å². The summed E-state index contributed by atoms with van der Waals surface area (Å²) < 4.78 is 11.3. The number of Topliss-reactive ketones (excluding diaryl/α,β-unsaturated/α-hetero) is 2. The fourth-order valence-corrected chi connectivity index (χ4v) is 6.61. The van der Waals surface area contributed by atoms with Crippen LogP contribution in [0.2, 0.25) is 0 Å². The molecule has 1 aromatic carbocycles. The molecule has 1 heterocycles. The van der Waals surface area contributed by atoms with Crippen LogP contribution in [0, 0.1) is 11.8 Å². The molecule has 0 unspecified atom stereocenters. The highest BCUT2D eigenvalue weighted by molar-refractivity contribution is 6.24. The van der Waals surface area contributed by atoms with Crippen molar-refractivity contribution in [1.82, 2.24) is 9.80 Å². The van der Waals surface area contributed by atoms with E-state index in [9.17, 15) is 39.6 Å². The summed E-state index contributed by atoms with van der Waals surface area (Å²) in [6, 6.07) is 3.09. The summed E-state index contributed by atoms with van der Waals surface area (Å²) in [5.41, 5.74) is 1.50. The van der Waals surface area contributed by atoms with Crippen molar-refractivity contribution in [1.29, 1.82) is 0 Å². The first-order valence-corrected chi connectivity index (χ1v) is 13.3. The minimum absolute atomic E-state index is 0.00431. The number of fused-ring (bicyclic) bond motifs is 3. The number of amides is 1. The SMILES string of the molecule is CN(C)[C@@H]1C(=O)C(C(N)=O)=C(O)[C@@]2(O)C(=O)C3=C(O)c4c(O)cccc4C[C@H]3[C@H](OC(=O)CCN3CCOCC3)[C@@H]12. The van der Waals surface area contributed by atoms with Crippen LogP contribution in [0.5, 0.6) is 5.75 Å². The standard InChI is InChI=1S/C28H33N3O10/c1-30(2)21-20-24(41-16(33)6-7-31-8-10-40-11-9-31)14-12-13-4-3-5-15(32)17(13)22(34)18(14)25(36)28(20,39)26(37)19(23(21)35)27(29)38/h3-5,14,20-21,24,32,34,37,39H,6-12H2,1-2H3,(H2,29,38)/t14-,20-,21+,24+,28+/m1/s1. The van der Waals surface area contributed by atoms with E-state index in [1.165, 1.54) is 25.1 Å². The van der Waals surface area contributed by atoms with E-state index in [2.05, 4.69) is 0 Å². The zero-order chi connectivity index (χ0) is 29.8. The summed E-state index contributed by atoms with van der Waals surface area (Å²) in [4.78, 5) is 56.5. The molecule has 13 heteroatoms. The highest BCUT2D eigenvalue weighted by Gasteiger charge is 2.68. The number of rotatable bonds is 6. The van der Waals surface area contributed by atoms with Gasteiger partial charge >= 0.3 is 5.97 Å². The molecule has 6 N–H and O–H groups in total. The van der Waals surface area contributed by atoms with Crippen LogP contribution in [0.25, 0.3) is 5.76 Å². The van der Waals surface area contributed by atoms with E-state index < -0.39 is 75.7 Å². The summed E-state index contributed by atoms with van der Waals surface area (Å²) >= 11 is 0. The Bertz CT molecular complexity index is 1380. The second-order valence-electron chi connectivity index (χ2n) is 11.0. The minimum Gasteiger partial charge on any atom is -0.508 e. The van der Waals surface area contributed by atoms with Crippen LogP contribution < -0.4 is 5.73 Å². The highest BCUT2D eigenvalue weighted by Crippen LogP contribution is 2.53. The van der Waals surface area contributed by atoms with Crippen LogP contribution in [0.15, 0.2) is 35.1 Å². The quantitative estimate of drug-likeness (QED) is 0.211. The molecule has 3 aliphatic carbocycles. The van der Waals surface area contributed by atoms with Crippen LogP contribution >= 0.6 is 0 Å². The normalized spacial score (nSPS) is 30.1. The van der Waals surface area contributed by atoms with E-state index in [0.717, 1.165) is 0 Å². The van der Waals surface area contributed by atoms with Gasteiger partial charge in [0, 0.05) is 31.1 Å². The van der Waals surface area contributed by atoms with Gasteiger partial charge in [0.05, 0.1) is 37.2 Å². The first kappa shape index (κ1) is 28.7. The maximum absolute atomic E-state index is 14.1. The first-order chi connectivity index (χ1) is 19.4. The Hall–Kier alpha value is -3.78. The van der Waals surface area contributed by atoms with Crippen molar-refractivity contribution in [3.8, 4) is 5.75 Å². The number of aliphatic hydroxyl groups is 3. The average molecular weight is 572 g/mol. The van der Waals surface area contributed by atoms with Gasteiger partial charge in [-0.2, -0.15) is 0 Å². The van der Waals surface area contributed by atoms with Gasteiger partial charge in [0.1, 0.15) is 28.9 Å². The van der Waals surface area contributed by atoms with Gasteiger partial charge in [-0.3, -0.25) is 29.0 Å². The number of nitrogens with two attached hydrogens (primary N) is 1. The van der Waals surface area contributed by atoms with Crippen LogP contribution in [-0.4, -0.2) is 118 Å². The predicted octanol–water partition coefficient (Wildman–Crippen LogP) is -0.792. The lowest BCUT2D eigenvalue weighted by Gasteiger charge is -2.53. The monoisotopic (exact) mass is 571 g/mol. The third-order valence-corrected chi connectivity index (χ3v) is 8.51. The largest absolute Gasteiger partial charge is 0.508 e. The van der Waals surface area contributed by atoms with Crippen LogP contribution in [0.4, 0.5) is 0 Å². The number of carbonyl (C=O) groups excluding carboxylic acids is 4. The van der Waals surface area contributed by atoms with Gasteiger partial charge in [-0.05, 0) is 32.1 Å². The maximum atomic E-state index is 14.1. The fourth-order valence-electron chi connectivity index (χ4n) is 6.61. The van der Waals surface area contributed by atoms with Gasteiger partial charge < -0.3 is 35.6 Å². The summed E-state index contributed by atoms with van der Waals surface area (Å²) in [5, 5.41) is 44.9. The van der Waals surface area contributed by atoms with E-state index in [4.69, 9.17) is 15.2 Å². The Balaban J connectivity index is 1.65. The zero-order valence-corrected chi connectivity index (χ0v) is 22.7. The van der Waals surface area contributed by atoms with Gasteiger partial charge in [0.2, 0.25) is 5.78 Å². The molecule has 5 atom stereocenters. The number of morpholine rings is 1. The number of phenols is 1. The van der Waals surface area contributed by atoms with Crippen molar-refractivity contribution >= 4 is 29.2 Å². The van der Waals surface area contributed by atoms with Gasteiger partial charge in [0.15, 0.2) is 11.4 Å². The first-order valence-electron chi connectivity index (χ1n) is 13.3. The topological polar surface area (TPSA) is 200 Å². The number of likely N-dealkylation sites (N-methyl/N-ethyl adjacent to an activating group) is 1. The number of ether oxygens (including phenoxy) is 2. The molecule has 1 amide bonds. The molecule has 220 valence electrons. The van der Waals surface area contributed by atoms with E-state index in [0.29, 0.717) is 38.4 Å². The molecular formula is C28H33N3O10. The second kappa shape index (κ2) is 10.6. The van der Waals surface area contributed by atoms with E-state index in [-0.39, 0.29) is 24.2 Å². The molecular weight excluding hydrogens is 538 g/mol. The Kier molecular flexibility index (Phi) is 7.40. The van der Waals surface area contributed by atoms with Gasteiger partial charge in [0.25, 0.3) is 5.91 Å². The van der Waals surface area contributed by atoms with Crippen molar-refractivity contribution in [3.63, 3.8) is 0 Å². The van der Waals surface area contributed by atoms with Crippen molar-refractivity contribution < 1.29 is 49.1 Å². The van der Waals surface area contributed by atoms with Crippen LogP contribution in [0.1, 0.15) is 17.5 Å². The molecule has 4 aliphatic rings. The zero-order valence-electron chi connectivity index (χ0n) is 22.7. The van der Waals surface area contributed by atoms with E-state index in [1.807, 2.05) is 4.90 Å². The van der Waals surface area contributed by atoms with Crippen molar-refractivity contribution in [3.05, 3.63) is 46.2 Å². The Morgan fingerprint density at radius 1 is 1.17 bits per heavy atom. The number of hydrogen-bond acceptors (Lipinski definition) is 12. The number of nitrogens with zero attached hydrogens (tertiary/aromatic N) is 2. The average Bonchev–Trinajstić information content (AvgIpc) is 2.91. The number of aliphatic hydroxyl groups excluding tert-OH is 2. The molecule has 5 rings (SSSR count). The number of phenolic OH excluding ortho intramolecular Hbond substituents is 1. The molecule has 0 bridgehead atoms. The molecule has 0 aromatic heterocycles. The molecule has 0 spiro atoms. The number of benzene rings is 1. The number of esters is 1.